The van der Waals surface area contributed by atoms with Crippen molar-refractivity contribution in [2.45, 2.75) is 37.6 Å². The van der Waals surface area contributed by atoms with Crippen LogP contribution in [0.15, 0.2) is 24.3 Å². The maximum atomic E-state index is 12.2. The van der Waals surface area contributed by atoms with Crippen LogP contribution >= 0.6 is 11.8 Å². The van der Waals surface area contributed by atoms with Crippen molar-refractivity contribution >= 4 is 17.7 Å². The first-order valence-corrected chi connectivity index (χ1v) is 10.2. The third-order valence-electron chi connectivity index (χ3n) is 5.30. The number of piperazine rings is 1. The quantitative estimate of drug-likeness (QED) is 0.821. The minimum atomic E-state index is -0.124. The topological polar surface area (TPSA) is 35.6 Å². The lowest BCUT2D eigenvalue weighted by molar-refractivity contribution is -0.121. The largest absolute Gasteiger partial charge is 0.351 e. The molecule has 1 aromatic rings. The summed E-state index contributed by atoms with van der Waals surface area (Å²) < 4.78 is -0.124. The molecule has 1 saturated carbocycles. The molecule has 132 valence electrons. The Morgan fingerprint density at radius 1 is 1.08 bits per heavy atom. The molecule has 0 unspecified atom stereocenters. The molecule has 1 aliphatic heterocycles. The third kappa shape index (κ3) is 4.32. The maximum absolute atomic E-state index is 12.2. The molecule has 1 aliphatic carbocycles. The van der Waals surface area contributed by atoms with Gasteiger partial charge in [-0.15, -0.1) is 11.8 Å². The zero-order chi connectivity index (χ0) is 17.0. The van der Waals surface area contributed by atoms with Crippen molar-refractivity contribution in [3.8, 4) is 0 Å². The number of carbonyl (C=O) groups is 1. The van der Waals surface area contributed by atoms with Crippen molar-refractivity contribution < 1.29 is 4.79 Å². The zero-order valence-electron chi connectivity index (χ0n) is 14.9. The standard InChI is InChI=1S/C19H29N3OS/c1-3-21-10-12-22(13-11-21)15-17-6-4-16(5-7-17)14-20-18(23)19(24-2)8-9-19/h4-7H,3,8-15H2,1-2H3,(H,20,23). The van der Waals surface area contributed by atoms with Crippen LogP contribution in [0.25, 0.3) is 0 Å². The minimum Gasteiger partial charge on any atom is -0.351 e. The number of nitrogens with zero attached hydrogens (tertiary/aromatic N) is 2. The van der Waals surface area contributed by atoms with Gasteiger partial charge in [-0.05, 0) is 36.8 Å². The number of benzene rings is 1. The average Bonchev–Trinajstić information content (AvgIpc) is 3.43. The first-order chi connectivity index (χ1) is 11.6. The van der Waals surface area contributed by atoms with Crippen molar-refractivity contribution in [1.29, 1.82) is 0 Å². The van der Waals surface area contributed by atoms with Crippen LogP contribution in [0, 0.1) is 0 Å². The molecule has 0 atom stereocenters. The summed E-state index contributed by atoms with van der Waals surface area (Å²) in [7, 11) is 0. The van der Waals surface area contributed by atoms with E-state index in [1.165, 1.54) is 24.2 Å². The lowest BCUT2D eigenvalue weighted by Gasteiger charge is -2.34. The fraction of sp³-hybridized carbons (Fsp3) is 0.632. The molecule has 1 saturated heterocycles. The van der Waals surface area contributed by atoms with E-state index < -0.39 is 0 Å². The molecule has 3 rings (SSSR count). The molecule has 24 heavy (non-hydrogen) atoms. The molecule has 1 heterocycles. The van der Waals surface area contributed by atoms with Crippen LogP contribution in [0.2, 0.25) is 0 Å². The molecule has 2 fully saturated rings. The Bertz CT molecular complexity index is 548. The van der Waals surface area contributed by atoms with Crippen LogP contribution in [0.1, 0.15) is 30.9 Å². The molecule has 2 aliphatic rings. The lowest BCUT2D eigenvalue weighted by Crippen LogP contribution is -2.45. The third-order valence-corrected chi connectivity index (χ3v) is 6.68. The van der Waals surface area contributed by atoms with Gasteiger partial charge in [-0.1, -0.05) is 31.2 Å². The van der Waals surface area contributed by atoms with Crippen LogP contribution in [0.3, 0.4) is 0 Å². The summed E-state index contributed by atoms with van der Waals surface area (Å²) in [6.45, 7) is 9.72. The van der Waals surface area contributed by atoms with Gasteiger partial charge in [-0.2, -0.15) is 0 Å². The van der Waals surface area contributed by atoms with E-state index in [4.69, 9.17) is 0 Å². The van der Waals surface area contributed by atoms with Gasteiger partial charge >= 0.3 is 0 Å². The number of hydrogen-bond acceptors (Lipinski definition) is 4. The highest BCUT2D eigenvalue weighted by molar-refractivity contribution is 8.01. The van der Waals surface area contributed by atoms with E-state index in [1.54, 1.807) is 11.8 Å². The highest BCUT2D eigenvalue weighted by atomic mass is 32.2. The molecule has 1 aromatic carbocycles. The molecular weight excluding hydrogens is 318 g/mol. The average molecular weight is 348 g/mol. The summed E-state index contributed by atoms with van der Waals surface area (Å²) in [5.41, 5.74) is 2.54. The number of hydrogen-bond donors (Lipinski definition) is 1. The lowest BCUT2D eigenvalue weighted by atomic mass is 10.1. The van der Waals surface area contributed by atoms with E-state index in [2.05, 4.69) is 46.3 Å². The maximum Gasteiger partial charge on any atom is 0.236 e. The van der Waals surface area contributed by atoms with E-state index >= 15 is 0 Å². The Kier molecular flexibility index (Phi) is 5.85. The summed E-state index contributed by atoms with van der Waals surface area (Å²) in [5.74, 6) is 0.202. The van der Waals surface area contributed by atoms with E-state index in [0.29, 0.717) is 6.54 Å². The van der Waals surface area contributed by atoms with Crippen molar-refractivity contribution in [2.24, 2.45) is 0 Å². The van der Waals surface area contributed by atoms with Crippen molar-refractivity contribution in [3.63, 3.8) is 0 Å². The number of amides is 1. The second-order valence-corrected chi connectivity index (χ2v) is 8.10. The predicted octanol–water partition coefficient (Wildman–Crippen LogP) is 2.34. The van der Waals surface area contributed by atoms with E-state index in [9.17, 15) is 4.79 Å². The molecule has 4 nitrogen and oxygen atoms in total. The Morgan fingerprint density at radius 3 is 2.21 bits per heavy atom. The van der Waals surface area contributed by atoms with Crippen molar-refractivity contribution in [3.05, 3.63) is 35.4 Å². The smallest absolute Gasteiger partial charge is 0.236 e. The van der Waals surface area contributed by atoms with Gasteiger partial charge in [0.25, 0.3) is 0 Å². The number of rotatable bonds is 7. The van der Waals surface area contributed by atoms with Crippen LogP contribution in [0.5, 0.6) is 0 Å². The van der Waals surface area contributed by atoms with Gasteiger partial charge in [0.1, 0.15) is 0 Å². The van der Waals surface area contributed by atoms with Gasteiger partial charge in [-0.25, -0.2) is 0 Å². The van der Waals surface area contributed by atoms with Gasteiger partial charge in [0.05, 0.1) is 4.75 Å². The predicted molar refractivity (Wildman–Crippen MR) is 101 cm³/mol. The van der Waals surface area contributed by atoms with Gasteiger partial charge in [0.15, 0.2) is 0 Å². The van der Waals surface area contributed by atoms with Crippen LogP contribution < -0.4 is 5.32 Å². The van der Waals surface area contributed by atoms with Gasteiger partial charge in [0.2, 0.25) is 5.91 Å². The summed E-state index contributed by atoms with van der Waals surface area (Å²) in [6, 6.07) is 8.71. The summed E-state index contributed by atoms with van der Waals surface area (Å²) in [6.07, 6.45) is 4.07. The fourth-order valence-corrected chi connectivity index (χ4v) is 4.03. The summed E-state index contributed by atoms with van der Waals surface area (Å²) in [5, 5.41) is 3.09. The van der Waals surface area contributed by atoms with Crippen LogP contribution in [0.4, 0.5) is 0 Å². The molecule has 0 aromatic heterocycles. The number of nitrogens with one attached hydrogen (secondary N) is 1. The van der Waals surface area contributed by atoms with Gasteiger partial charge in [-0.3, -0.25) is 9.69 Å². The normalized spacial score (nSPS) is 20.8. The SMILES string of the molecule is CCN1CCN(Cc2ccc(CNC(=O)C3(SC)CC3)cc2)CC1. The summed E-state index contributed by atoms with van der Waals surface area (Å²) >= 11 is 1.68. The highest BCUT2D eigenvalue weighted by Crippen LogP contribution is 2.47. The fourth-order valence-electron chi connectivity index (χ4n) is 3.27. The van der Waals surface area contributed by atoms with E-state index in [-0.39, 0.29) is 10.7 Å². The van der Waals surface area contributed by atoms with Crippen LogP contribution in [-0.2, 0) is 17.9 Å². The Labute approximate surface area is 150 Å². The van der Waals surface area contributed by atoms with Gasteiger partial charge < -0.3 is 10.2 Å². The van der Waals surface area contributed by atoms with Crippen molar-refractivity contribution in [1.82, 2.24) is 15.1 Å². The second-order valence-electron chi connectivity index (χ2n) is 6.91. The molecular formula is C19H29N3OS. The van der Waals surface area contributed by atoms with Crippen LogP contribution in [-0.4, -0.2) is 59.4 Å². The first kappa shape index (κ1) is 17.8. The number of carbonyl (C=O) groups excluding carboxylic acids is 1. The molecule has 1 N–H and O–H groups in total. The Hall–Kier alpha value is -1.04. The molecule has 0 bridgehead atoms. The second kappa shape index (κ2) is 7.89. The molecule has 0 spiro atoms. The Balaban J connectivity index is 1.44. The first-order valence-electron chi connectivity index (χ1n) is 9.01. The zero-order valence-corrected chi connectivity index (χ0v) is 15.7. The number of likely N-dealkylation sites (N-methyl/N-ethyl adjacent to an activating group) is 1. The molecule has 1 amide bonds. The Morgan fingerprint density at radius 2 is 1.67 bits per heavy atom. The number of thioether (sulfide) groups is 1. The van der Waals surface area contributed by atoms with E-state index in [0.717, 1.165) is 39.0 Å². The highest BCUT2D eigenvalue weighted by Gasteiger charge is 2.49. The summed E-state index contributed by atoms with van der Waals surface area (Å²) in [4.78, 5) is 17.2. The minimum absolute atomic E-state index is 0.124. The van der Waals surface area contributed by atoms with Crippen molar-refractivity contribution in [2.75, 3.05) is 39.0 Å². The monoisotopic (exact) mass is 347 g/mol. The van der Waals surface area contributed by atoms with E-state index in [1.807, 2.05) is 6.26 Å². The van der Waals surface area contributed by atoms with Gasteiger partial charge in [0, 0.05) is 39.3 Å². The molecule has 0 radical (unpaired) electrons. The molecule has 5 heteroatoms.